The first-order chi connectivity index (χ1) is 31.5. The number of hydrogen-bond acceptors (Lipinski definition) is 10. The minimum atomic E-state index is -0.735. The number of carbonyl (C=O) groups is 8. The molecule has 3 atom stereocenters. The Morgan fingerprint density at radius 3 is 1.57 bits per heavy atom. The third-order valence-corrected chi connectivity index (χ3v) is 11.9. The quantitative estimate of drug-likeness (QED) is 0.0193. The van der Waals surface area contributed by atoms with Crippen LogP contribution in [-0.4, -0.2) is 134 Å². The van der Waals surface area contributed by atoms with Crippen LogP contribution in [0.2, 0.25) is 0 Å². The van der Waals surface area contributed by atoms with Gasteiger partial charge in [0.2, 0.25) is 41.4 Å². The number of nitrogens with two attached hydrogens (primary N) is 3. The van der Waals surface area contributed by atoms with E-state index >= 15 is 0 Å². The molecule has 370 valence electrons. The normalized spacial score (nSPS) is 16.1. The molecule has 19 heteroatoms. The lowest BCUT2D eigenvalue weighted by molar-refractivity contribution is -0.145. The molecule has 0 saturated carbocycles. The predicted molar refractivity (Wildman–Crippen MR) is 251 cm³/mol. The van der Waals surface area contributed by atoms with E-state index in [9.17, 15) is 38.4 Å². The van der Waals surface area contributed by atoms with Crippen LogP contribution in [0.5, 0.6) is 0 Å². The molecule has 0 aromatic heterocycles. The minimum absolute atomic E-state index is 0.00431. The third kappa shape index (κ3) is 26.1. The fraction of sp³-hybridized carbons (Fsp3) is 0.804. The summed E-state index contributed by atoms with van der Waals surface area (Å²) in [6.07, 6.45) is 18.1. The van der Waals surface area contributed by atoms with Crippen LogP contribution in [0.15, 0.2) is 4.99 Å². The number of amides is 7. The maximum atomic E-state index is 13.1. The lowest BCUT2D eigenvalue weighted by atomic mass is 10.1. The largest absolute Gasteiger partial charge is 0.370 e. The Kier molecular flexibility index (Phi) is 30.7. The number of nitrogens with one attached hydrogen (secondary N) is 5. The zero-order chi connectivity index (χ0) is 47.5. The molecule has 7 amide bonds. The molecule has 2 heterocycles. The van der Waals surface area contributed by atoms with Gasteiger partial charge in [-0.25, -0.2) is 0 Å². The van der Waals surface area contributed by atoms with Crippen LogP contribution < -0.4 is 43.8 Å². The number of likely N-dealkylation sites (tertiary alicyclic amines) is 2. The number of rotatable bonds is 37. The summed E-state index contributed by atoms with van der Waals surface area (Å²) in [5.74, 6) is -0.669. The molecule has 0 bridgehead atoms. The Morgan fingerprint density at radius 1 is 0.569 bits per heavy atom. The first kappa shape index (κ1) is 56.3. The molecule has 2 fully saturated rings. The van der Waals surface area contributed by atoms with E-state index in [-0.39, 0.29) is 59.8 Å². The Bertz CT molecular complexity index is 1480. The highest BCUT2D eigenvalue weighted by molar-refractivity contribution is 5.90. The van der Waals surface area contributed by atoms with Crippen LogP contribution in [0.3, 0.4) is 0 Å². The molecule has 0 aromatic carbocycles. The third-order valence-electron chi connectivity index (χ3n) is 11.9. The van der Waals surface area contributed by atoms with Crippen LogP contribution in [0.1, 0.15) is 167 Å². The van der Waals surface area contributed by atoms with Gasteiger partial charge in [0.15, 0.2) is 5.96 Å². The second kappa shape index (κ2) is 35.5. The van der Waals surface area contributed by atoms with Gasteiger partial charge >= 0.3 is 0 Å². The molecular weight excluding hydrogens is 835 g/mol. The van der Waals surface area contributed by atoms with E-state index in [4.69, 9.17) is 17.2 Å². The van der Waals surface area contributed by atoms with Crippen molar-refractivity contribution in [3.8, 4) is 0 Å². The number of hydrogen-bond donors (Lipinski definition) is 8. The molecule has 2 aliphatic heterocycles. The highest BCUT2D eigenvalue weighted by Gasteiger charge is 2.39. The van der Waals surface area contributed by atoms with Crippen molar-refractivity contribution in [3.63, 3.8) is 0 Å². The molecular formula is C46H83N11O8. The summed E-state index contributed by atoms with van der Waals surface area (Å²) in [5, 5.41) is 14.5. The number of unbranched alkanes of at least 4 members (excludes halogenated alkanes) is 10. The summed E-state index contributed by atoms with van der Waals surface area (Å²) >= 11 is 0. The number of aldehydes is 1. The van der Waals surface area contributed by atoms with Gasteiger partial charge in [0.25, 0.3) is 0 Å². The Hall–Kier alpha value is -4.81. The van der Waals surface area contributed by atoms with Crippen molar-refractivity contribution in [2.45, 2.75) is 185 Å². The fourth-order valence-corrected chi connectivity index (χ4v) is 8.13. The van der Waals surface area contributed by atoms with Crippen LogP contribution in [0.25, 0.3) is 0 Å². The molecule has 0 spiro atoms. The number of nitrogens with zero attached hydrogens (tertiary/aromatic N) is 3. The molecule has 0 aliphatic carbocycles. The molecule has 11 N–H and O–H groups in total. The maximum Gasteiger partial charge on any atom is 0.245 e. The Labute approximate surface area is 387 Å². The van der Waals surface area contributed by atoms with Crippen molar-refractivity contribution in [3.05, 3.63) is 0 Å². The average molecular weight is 918 g/mol. The van der Waals surface area contributed by atoms with Crippen molar-refractivity contribution >= 4 is 53.6 Å². The Balaban J connectivity index is 1.52. The van der Waals surface area contributed by atoms with Gasteiger partial charge in [0, 0.05) is 77.9 Å². The lowest BCUT2D eigenvalue weighted by Gasteiger charge is -2.29. The molecule has 65 heavy (non-hydrogen) atoms. The van der Waals surface area contributed by atoms with Crippen LogP contribution in [0.4, 0.5) is 0 Å². The van der Waals surface area contributed by atoms with Gasteiger partial charge in [0.05, 0.1) is 6.04 Å². The van der Waals surface area contributed by atoms with Crippen molar-refractivity contribution in [1.29, 1.82) is 0 Å². The first-order valence-electron chi connectivity index (χ1n) is 24.6. The summed E-state index contributed by atoms with van der Waals surface area (Å²) in [5.41, 5.74) is 16.3. The molecule has 0 unspecified atom stereocenters. The highest BCUT2D eigenvalue weighted by Crippen LogP contribution is 2.25. The molecule has 0 radical (unpaired) electrons. The maximum absolute atomic E-state index is 13.1. The van der Waals surface area contributed by atoms with E-state index in [1.54, 1.807) is 9.80 Å². The monoisotopic (exact) mass is 918 g/mol. The van der Waals surface area contributed by atoms with Crippen LogP contribution in [-0.2, 0) is 38.4 Å². The summed E-state index contributed by atoms with van der Waals surface area (Å²) < 4.78 is 0. The van der Waals surface area contributed by atoms with E-state index in [1.807, 2.05) is 0 Å². The van der Waals surface area contributed by atoms with Crippen LogP contribution in [0, 0.1) is 0 Å². The van der Waals surface area contributed by atoms with E-state index in [2.05, 4.69) is 31.6 Å². The fourth-order valence-electron chi connectivity index (χ4n) is 8.13. The van der Waals surface area contributed by atoms with Crippen molar-refractivity contribution in [2.24, 2.45) is 22.2 Å². The van der Waals surface area contributed by atoms with E-state index in [0.29, 0.717) is 129 Å². The van der Waals surface area contributed by atoms with Crippen molar-refractivity contribution in [1.82, 2.24) is 36.4 Å². The standard InChI is InChI=1S/C46H83N11O8/c47-27-11-1-6-22-39(59)50-28-12-2-7-23-40(60)51-29-13-4-9-25-42(62)55-37(20-16-32-54-46(48)49)44(64)53-31-15-3-8-24-41(61)52-30-14-5-10-26-43(63)57-34-18-21-38(57)45(65)56-33-17-19-36(56)35-58/h35-38H,1-34,47H2,(H,50,59)(H,51,60)(H,52,61)(H,53,64)(H,55,62)(H4,48,49,54)/t36-,37-,38-/m0/s1. The van der Waals surface area contributed by atoms with Gasteiger partial charge in [-0.3, -0.25) is 38.6 Å². The van der Waals surface area contributed by atoms with E-state index in [1.165, 1.54) is 0 Å². The highest BCUT2D eigenvalue weighted by atomic mass is 16.2. The molecule has 2 rings (SSSR count). The predicted octanol–water partition coefficient (Wildman–Crippen LogP) is 1.93. The van der Waals surface area contributed by atoms with Crippen molar-refractivity contribution < 1.29 is 38.4 Å². The zero-order valence-electron chi connectivity index (χ0n) is 39.2. The second-order valence-electron chi connectivity index (χ2n) is 17.4. The van der Waals surface area contributed by atoms with Gasteiger partial charge in [-0.2, -0.15) is 0 Å². The molecule has 2 saturated heterocycles. The summed E-state index contributed by atoms with van der Waals surface area (Å²) in [4.78, 5) is 107. The molecule has 19 nitrogen and oxygen atoms in total. The second-order valence-corrected chi connectivity index (χ2v) is 17.4. The van der Waals surface area contributed by atoms with Crippen LogP contribution >= 0.6 is 0 Å². The van der Waals surface area contributed by atoms with Gasteiger partial charge in [0.1, 0.15) is 18.4 Å². The number of carbonyl (C=O) groups excluding carboxylic acids is 8. The first-order valence-corrected chi connectivity index (χ1v) is 24.6. The lowest BCUT2D eigenvalue weighted by Crippen LogP contribution is -2.49. The SMILES string of the molecule is NCCCCCC(=O)NCCCCCC(=O)NCCCCCC(=O)N[C@@H](CCCN=C(N)N)C(=O)NCCCCCC(=O)NCCCCCC(=O)N1CCC[C@H]1C(=O)N1CCC[C@H]1C=O. The summed E-state index contributed by atoms with van der Waals surface area (Å²) in [6, 6.07) is -1.58. The summed E-state index contributed by atoms with van der Waals surface area (Å²) in [6.45, 7) is 4.19. The van der Waals surface area contributed by atoms with E-state index in [0.717, 1.165) is 89.8 Å². The smallest absolute Gasteiger partial charge is 0.245 e. The average Bonchev–Trinajstić information content (AvgIpc) is 3.99. The number of aliphatic imine (C=N–C) groups is 1. The Morgan fingerprint density at radius 2 is 1.05 bits per heavy atom. The van der Waals surface area contributed by atoms with E-state index < -0.39 is 12.1 Å². The summed E-state index contributed by atoms with van der Waals surface area (Å²) in [7, 11) is 0. The van der Waals surface area contributed by atoms with Crippen molar-refractivity contribution in [2.75, 3.05) is 52.4 Å². The van der Waals surface area contributed by atoms with Gasteiger partial charge in [-0.05, 0) is 109 Å². The minimum Gasteiger partial charge on any atom is -0.370 e. The molecule has 0 aromatic rings. The zero-order valence-corrected chi connectivity index (χ0v) is 39.2. The van der Waals surface area contributed by atoms with Gasteiger partial charge in [-0.1, -0.05) is 32.1 Å². The van der Waals surface area contributed by atoms with Gasteiger partial charge < -0.3 is 58.4 Å². The topological polar surface area (TPSA) is 294 Å². The number of guanidine groups is 1. The molecule has 2 aliphatic rings. The van der Waals surface area contributed by atoms with Gasteiger partial charge in [-0.15, -0.1) is 0 Å².